The molecule has 0 radical (unpaired) electrons. The van der Waals surface area contributed by atoms with Crippen LogP contribution < -0.4 is 5.32 Å². The molecule has 0 aromatic heterocycles. The zero-order chi connectivity index (χ0) is 13.0. The van der Waals surface area contributed by atoms with Gasteiger partial charge in [0.1, 0.15) is 5.82 Å². The van der Waals surface area contributed by atoms with Gasteiger partial charge < -0.3 is 10.2 Å². The van der Waals surface area contributed by atoms with Gasteiger partial charge in [-0.05, 0) is 45.0 Å². The van der Waals surface area contributed by atoms with E-state index >= 15 is 0 Å². The molecular formula is C14H20ClFN2. The summed E-state index contributed by atoms with van der Waals surface area (Å²) < 4.78 is 13.8. The van der Waals surface area contributed by atoms with Crippen LogP contribution in [-0.4, -0.2) is 31.6 Å². The molecule has 1 fully saturated rings. The second-order valence-corrected chi connectivity index (χ2v) is 5.53. The van der Waals surface area contributed by atoms with Crippen LogP contribution in [0.3, 0.4) is 0 Å². The molecule has 0 amide bonds. The second kappa shape index (κ2) is 6.50. The average molecular weight is 271 g/mol. The van der Waals surface area contributed by atoms with Gasteiger partial charge in [-0.1, -0.05) is 23.7 Å². The highest BCUT2D eigenvalue weighted by Crippen LogP contribution is 2.19. The number of benzene rings is 1. The van der Waals surface area contributed by atoms with Gasteiger partial charge in [0.2, 0.25) is 0 Å². The molecule has 1 unspecified atom stereocenters. The van der Waals surface area contributed by atoms with Crippen LogP contribution in [0.2, 0.25) is 5.02 Å². The zero-order valence-electron chi connectivity index (χ0n) is 10.8. The van der Waals surface area contributed by atoms with Crippen LogP contribution in [0.25, 0.3) is 0 Å². The summed E-state index contributed by atoms with van der Waals surface area (Å²) in [5.41, 5.74) is 0.675. The van der Waals surface area contributed by atoms with E-state index in [0.717, 1.165) is 19.6 Å². The Balaban J connectivity index is 1.90. The number of hydrogen-bond donors (Lipinski definition) is 1. The first-order chi connectivity index (χ1) is 8.66. The molecule has 1 atom stereocenters. The lowest BCUT2D eigenvalue weighted by Gasteiger charge is -2.27. The van der Waals surface area contributed by atoms with E-state index in [0.29, 0.717) is 18.0 Å². The lowest BCUT2D eigenvalue weighted by atomic mass is 9.99. The Morgan fingerprint density at radius 2 is 2.33 bits per heavy atom. The van der Waals surface area contributed by atoms with E-state index in [-0.39, 0.29) is 10.8 Å². The van der Waals surface area contributed by atoms with Gasteiger partial charge in [-0.3, -0.25) is 0 Å². The quantitative estimate of drug-likeness (QED) is 0.905. The van der Waals surface area contributed by atoms with Crippen LogP contribution in [0.15, 0.2) is 18.2 Å². The minimum Gasteiger partial charge on any atom is -0.316 e. The van der Waals surface area contributed by atoms with Crippen molar-refractivity contribution < 1.29 is 4.39 Å². The molecule has 100 valence electrons. The van der Waals surface area contributed by atoms with Gasteiger partial charge in [-0.25, -0.2) is 4.39 Å². The number of hydrogen-bond acceptors (Lipinski definition) is 2. The van der Waals surface area contributed by atoms with Crippen molar-refractivity contribution in [2.75, 3.05) is 26.7 Å². The maximum atomic E-state index is 13.8. The summed E-state index contributed by atoms with van der Waals surface area (Å²) in [4.78, 5) is 2.17. The van der Waals surface area contributed by atoms with Crippen molar-refractivity contribution in [2.24, 2.45) is 5.92 Å². The first kappa shape index (κ1) is 13.8. The maximum absolute atomic E-state index is 13.8. The molecule has 1 aromatic rings. The second-order valence-electron chi connectivity index (χ2n) is 5.12. The fourth-order valence-corrected chi connectivity index (χ4v) is 2.74. The van der Waals surface area contributed by atoms with E-state index in [1.54, 1.807) is 18.2 Å². The smallest absolute Gasteiger partial charge is 0.146 e. The fourth-order valence-electron chi connectivity index (χ4n) is 2.55. The lowest BCUT2D eigenvalue weighted by Crippen LogP contribution is -2.36. The third kappa shape index (κ3) is 3.67. The van der Waals surface area contributed by atoms with Crippen LogP contribution >= 0.6 is 11.6 Å². The van der Waals surface area contributed by atoms with Crippen molar-refractivity contribution in [2.45, 2.75) is 19.4 Å². The van der Waals surface area contributed by atoms with Crippen LogP contribution in [0.1, 0.15) is 18.4 Å². The van der Waals surface area contributed by atoms with Gasteiger partial charge in [0.15, 0.2) is 0 Å². The first-order valence-electron chi connectivity index (χ1n) is 6.49. The fraction of sp³-hybridized carbons (Fsp3) is 0.571. The van der Waals surface area contributed by atoms with E-state index < -0.39 is 0 Å². The highest BCUT2D eigenvalue weighted by Gasteiger charge is 2.16. The molecule has 1 aliphatic heterocycles. The summed E-state index contributed by atoms with van der Waals surface area (Å²) >= 11 is 5.79. The third-order valence-electron chi connectivity index (χ3n) is 3.44. The van der Waals surface area contributed by atoms with Crippen molar-refractivity contribution in [1.29, 1.82) is 0 Å². The predicted molar refractivity (Wildman–Crippen MR) is 73.3 cm³/mol. The minimum atomic E-state index is -0.284. The van der Waals surface area contributed by atoms with Crippen molar-refractivity contribution in [1.82, 2.24) is 10.2 Å². The number of nitrogens with zero attached hydrogens (tertiary/aromatic N) is 1. The maximum Gasteiger partial charge on any atom is 0.146 e. The van der Waals surface area contributed by atoms with Gasteiger partial charge >= 0.3 is 0 Å². The molecule has 1 aromatic carbocycles. The third-order valence-corrected chi connectivity index (χ3v) is 3.73. The predicted octanol–water partition coefficient (Wildman–Crippen LogP) is 2.91. The molecule has 2 nitrogen and oxygen atoms in total. The Labute approximate surface area is 113 Å². The average Bonchev–Trinajstić information content (AvgIpc) is 2.36. The summed E-state index contributed by atoms with van der Waals surface area (Å²) in [7, 11) is 2.04. The number of piperidine rings is 1. The van der Waals surface area contributed by atoms with Crippen LogP contribution in [0.5, 0.6) is 0 Å². The standard InChI is InChI=1S/C14H20ClFN2/c1-18(9-11-4-3-7-17-8-11)10-12-5-2-6-13(15)14(12)16/h2,5-6,11,17H,3-4,7-10H2,1H3. The molecular weight excluding hydrogens is 251 g/mol. The van der Waals surface area contributed by atoms with Crippen molar-refractivity contribution in [3.63, 3.8) is 0 Å². The van der Waals surface area contributed by atoms with Crippen LogP contribution in [-0.2, 0) is 6.54 Å². The highest BCUT2D eigenvalue weighted by atomic mass is 35.5. The topological polar surface area (TPSA) is 15.3 Å². The van der Waals surface area contributed by atoms with Gasteiger partial charge in [0, 0.05) is 18.7 Å². The summed E-state index contributed by atoms with van der Waals surface area (Å²) in [6.45, 7) is 3.81. The van der Waals surface area contributed by atoms with E-state index in [4.69, 9.17) is 11.6 Å². The molecule has 4 heteroatoms. The summed E-state index contributed by atoms with van der Waals surface area (Å²) in [5, 5.41) is 3.61. The van der Waals surface area contributed by atoms with Crippen molar-refractivity contribution >= 4 is 11.6 Å². The SMILES string of the molecule is CN(Cc1cccc(Cl)c1F)CC1CCCNC1. The molecule has 2 rings (SSSR count). The molecule has 18 heavy (non-hydrogen) atoms. The van der Waals surface area contributed by atoms with E-state index in [9.17, 15) is 4.39 Å². The Morgan fingerprint density at radius 1 is 1.50 bits per heavy atom. The van der Waals surface area contributed by atoms with Crippen LogP contribution in [0, 0.1) is 11.7 Å². The number of rotatable bonds is 4. The monoisotopic (exact) mass is 270 g/mol. The minimum absolute atomic E-state index is 0.209. The molecule has 1 N–H and O–H groups in total. The molecule has 0 aliphatic carbocycles. The zero-order valence-corrected chi connectivity index (χ0v) is 11.5. The summed E-state index contributed by atoms with van der Waals surface area (Å²) in [6.07, 6.45) is 2.50. The van der Waals surface area contributed by atoms with E-state index in [1.807, 2.05) is 7.05 Å². The normalized spacial score (nSPS) is 20.3. The Morgan fingerprint density at radius 3 is 3.06 bits per heavy atom. The molecule has 0 bridgehead atoms. The van der Waals surface area contributed by atoms with Gasteiger partial charge in [0.25, 0.3) is 0 Å². The van der Waals surface area contributed by atoms with Crippen molar-refractivity contribution in [3.8, 4) is 0 Å². The van der Waals surface area contributed by atoms with Gasteiger partial charge in [-0.15, -0.1) is 0 Å². The highest BCUT2D eigenvalue weighted by molar-refractivity contribution is 6.30. The number of halogens is 2. The van der Waals surface area contributed by atoms with E-state index in [1.165, 1.54) is 12.8 Å². The Kier molecular flexibility index (Phi) is 4.98. The van der Waals surface area contributed by atoms with Crippen LogP contribution in [0.4, 0.5) is 4.39 Å². The molecule has 0 saturated carbocycles. The molecule has 1 aliphatic rings. The Hall–Kier alpha value is -0.640. The summed E-state index contributed by atoms with van der Waals surface area (Å²) in [6, 6.07) is 5.19. The van der Waals surface area contributed by atoms with Gasteiger partial charge in [-0.2, -0.15) is 0 Å². The van der Waals surface area contributed by atoms with Gasteiger partial charge in [0.05, 0.1) is 5.02 Å². The molecule has 0 spiro atoms. The lowest BCUT2D eigenvalue weighted by molar-refractivity contribution is 0.235. The summed E-state index contributed by atoms with van der Waals surface area (Å²) in [5.74, 6) is 0.388. The largest absolute Gasteiger partial charge is 0.316 e. The molecule has 1 saturated heterocycles. The first-order valence-corrected chi connectivity index (χ1v) is 6.87. The Bertz CT molecular complexity index is 391. The molecule has 1 heterocycles. The van der Waals surface area contributed by atoms with E-state index in [2.05, 4.69) is 10.2 Å². The van der Waals surface area contributed by atoms with Crippen molar-refractivity contribution in [3.05, 3.63) is 34.6 Å². The number of nitrogens with one attached hydrogen (secondary N) is 1.